The Balaban J connectivity index is 0.00000450. The number of nitrogens with zero attached hydrogens (tertiary/aromatic N) is 2. The number of hydrogen-bond donors (Lipinski definition) is 2. The summed E-state index contributed by atoms with van der Waals surface area (Å²) in [5.41, 5.74) is 0.520. The predicted molar refractivity (Wildman–Crippen MR) is 132 cm³/mol. The van der Waals surface area contributed by atoms with Gasteiger partial charge in [-0.25, -0.2) is 13.1 Å². The molecule has 0 amide bonds. The molecule has 1 atom stereocenters. The summed E-state index contributed by atoms with van der Waals surface area (Å²) in [7, 11) is 0.0129. The third kappa shape index (κ3) is 8.10. The zero-order chi connectivity index (χ0) is 21.7. The molecule has 1 heterocycles. The Kier molecular flexibility index (Phi) is 10.2. The number of halogens is 1. The number of hydrogen-bond acceptors (Lipinski definition) is 5. The molecule has 0 saturated carbocycles. The lowest BCUT2D eigenvalue weighted by Crippen LogP contribution is -2.47. The molecule has 10 heteroatoms. The number of rotatable bonds is 8. The van der Waals surface area contributed by atoms with Gasteiger partial charge in [0.25, 0.3) is 0 Å². The largest absolute Gasteiger partial charge is 0.497 e. The molecule has 0 radical (unpaired) electrons. The second kappa shape index (κ2) is 11.4. The number of sulfonamides is 1. The first-order chi connectivity index (χ1) is 13.6. The van der Waals surface area contributed by atoms with Crippen LogP contribution in [0.25, 0.3) is 0 Å². The van der Waals surface area contributed by atoms with E-state index >= 15 is 0 Å². The number of benzene rings is 1. The van der Waals surface area contributed by atoms with Crippen molar-refractivity contribution in [2.24, 2.45) is 4.99 Å². The standard InChI is InChI=1S/C20H34N4O4S.HI/c1-7-21-19(22-14-20(2,3)23-29(6,25)26)24-9-8-15(13-24)16-10-17(27-4)12-18(11-16)28-5;/h10-12,15,23H,7-9,13-14H2,1-6H3,(H,21,22);1H. The highest BCUT2D eigenvalue weighted by atomic mass is 127. The summed E-state index contributed by atoms with van der Waals surface area (Å²) in [6.07, 6.45) is 2.16. The molecule has 0 aliphatic carbocycles. The van der Waals surface area contributed by atoms with E-state index in [0.29, 0.717) is 12.5 Å². The number of methoxy groups -OCH3 is 2. The van der Waals surface area contributed by atoms with Crippen LogP contribution in [0, 0.1) is 0 Å². The van der Waals surface area contributed by atoms with Gasteiger partial charge in [0.2, 0.25) is 10.0 Å². The van der Waals surface area contributed by atoms with E-state index in [0.717, 1.165) is 49.8 Å². The van der Waals surface area contributed by atoms with Gasteiger partial charge in [0.1, 0.15) is 11.5 Å². The Bertz CT molecular complexity index is 808. The van der Waals surface area contributed by atoms with Crippen LogP contribution in [-0.4, -0.2) is 71.5 Å². The summed E-state index contributed by atoms with van der Waals surface area (Å²) in [6.45, 7) is 8.46. The fraction of sp³-hybridized carbons (Fsp3) is 0.650. The molecule has 1 aromatic rings. The smallest absolute Gasteiger partial charge is 0.209 e. The highest BCUT2D eigenvalue weighted by Crippen LogP contribution is 2.32. The third-order valence-electron chi connectivity index (χ3n) is 4.75. The van der Waals surface area contributed by atoms with Crippen LogP contribution in [-0.2, 0) is 10.0 Å². The van der Waals surface area contributed by atoms with Crippen molar-refractivity contribution in [3.63, 3.8) is 0 Å². The van der Waals surface area contributed by atoms with Crippen LogP contribution >= 0.6 is 24.0 Å². The van der Waals surface area contributed by atoms with Crippen LogP contribution in [0.1, 0.15) is 38.7 Å². The lowest BCUT2D eigenvalue weighted by Gasteiger charge is -2.26. The van der Waals surface area contributed by atoms with Crippen molar-refractivity contribution in [1.29, 1.82) is 0 Å². The zero-order valence-corrected chi connectivity index (χ0v) is 21.8. The lowest BCUT2D eigenvalue weighted by molar-refractivity contribution is 0.392. The molecule has 0 spiro atoms. The van der Waals surface area contributed by atoms with E-state index < -0.39 is 15.6 Å². The number of likely N-dealkylation sites (tertiary alicyclic amines) is 1. The molecule has 1 fully saturated rings. The first-order valence-electron chi connectivity index (χ1n) is 9.82. The van der Waals surface area contributed by atoms with Gasteiger partial charge in [0.15, 0.2) is 5.96 Å². The maximum absolute atomic E-state index is 11.6. The average Bonchev–Trinajstić information content (AvgIpc) is 3.12. The van der Waals surface area contributed by atoms with E-state index in [1.165, 1.54) is 5.56 Å². The molecule has 1 aliphatic rings. The van der Waals surface area contributed by atoms with Crippen molar-refractivity contribution in [2.75, 3.05) is 46.7 Å². The van der Waals surface area contributed by atoms with Crippen molar-refractivity contribution in [1.82, 2.24) is 14.9 Å². The van der Waals surface area contributed by atoms with Crippen molar-refractivity contribution in [2.45, 2.75) is 38.6 Å². The topological polar surface area (TPSA) is 92.3 Å². The first-order valence-corrected chi connectivity index (χ1v) is 11.7. The predicted octanol–water partition coefficient (Wildman–Crippen LogP) is 2.40. The van der Waals surface area contributed by atoms with Crippen molar-refractivity contribution in [3.8, 4) is 11.5 Å². The molecule has 8 nitrogen and oxygen atoms in total. The summed E-state index contributed by atoms with van der Waals surface area (Å²) < 4.78 is 36.6. The number of nitrogens with one attached hydrogen (secondary N) is 2. The van der Waals surface area contributed by atoms with Crippen LogP contribution in [0.3, 0.4) is 0 Å². The molecule has 1 unspecified atom stereocenters. The fourth-order valence-electron chi connectivity index (χ4n) is 3.52. The number of guanidine groups is 1. The van der Waals surface area contributed by atoms with Crippen molar-refractivity contribution < 1.29 is 17.9 Å². The van der Waals surface area contributed by atoms with Gasteiger partial charge in [0.05, 0.1) is 27.0 Å². The molecule has 2 rings (SSSR count). The van der Waals surface area contributed by atoms with E-state index in [4.69, 9.17) is 14.5 Å². The second-order valence-electron chi connectivity index (χ2n) is 8.01. The second-order valence-corrected chi connectivity index (χ2v) is 9.75. The minimum absolute atomic E-state index is 0. The summed E-state index contributed by atoms with van der Waals surface area (Å²) >= 11 is 0. The highest BCUT2D eigenvalue weighted by molar-refractivity contribution is 14.0. The van der Waals surface area contributed by atoms with Crippen molar-refractivity contribution in [3.05, 3.63) is 23.8 Å². The fourth-order valence-corrected chi connectivity index (χ4v) is 4.59. The molecule has 1 aliphatic heterocycles. The van der Waals surface area contributed by atoms with Crippen LogP contribution in [0.4, 0.5) is 0 Å². The molecular formula is C20H35IN4O4S. The number of aliphatic imine (C=N–C) groups is 1. The zero-order valence-electron chi connectivity index (χ0n) is 18.7. The van der Waals surface area contributed by atoms with Gasteiger partial charge in [-0.3, -0.25) is 4.99 Å². The van der Waals surface area contributed by atoms with Gasteiger partial charge in [-0.2, -0.15) is 0 Å². The van der Waals surface area contributed by atoms with E-state index in [1.807, 2.05) is 26.8 Å². The quantitative estimate of drug-likeness (QED) is 0.292. The summed E-state index contributed by atoms with van der Waals surface area (Å²) in [6, 6.07) is 5.98. The molecule has 1 aromatic carbocycles. The molecular weight excluding hydrogens is 519 g/mol. The summed E-state index contributed by atoms with van der Waals surface area (Å²) in [5.74, 6) is 2.71. The molecule has 1 saturated heterocycles. The van der Waals surface area contributed by atoms with Crippen LogP contribution < -0.4 is 19.5 Å². The minimum Gasteiger partial charge on any atom is -0.497 e. The van der Waals surface area contributed by atoms with Gasteiger partial charge < -0.3 is 19.7 Å². The van der Waals surface area contributed by atoms with E-state index in [-0.39, 0.29) is 24.0 Å². The first kappa shape index (κ1) is 26.8. The van der Waals surface area contributed by atoms with Gasteiger partial charge in [-0.05, 0) is 44.9 Å². The summed E-state index contributed by atoms with van der Waals surface area (Å²) in [5, 5.41) is 3.33. The maximum atomic E-state index is 11.6. The third-order valence-corrected chi connectivity index (χ3v) is 5.68. The normalized spacial score (nSPS) is 17.5. The Morgan fingerprint density at radius 3 is 2.33 bits per heavy atom. The van der Waals surface area contributed by atoms with Gasteiger partial charge in [-0.1, -0.05) is 0 Å². The number of ether oxygens (including phenoxy) is 2. The molecule has 0 bridgehead atoms. The SMILES string of the molecule is CCNC(=NCC(C)(C)NS(C)(=O)=O)N1CCC(c2cc(OC)cc(OC)c2)C1.I. The molecule has 0 aromatic heterocycles. The van der Waals surface area contributed by atoms with Gasteiger partial charge in [0, 0.05) is 37.2 Å². The summed E-state index contributed by atoms with van der Waals surface area (Å²) in [4.78, 5) is 6.92. The molecule has 2 N–H and O–H groups in total. The van der Waals surface area contributed by atoms with E-state index in [9.17, 15) is 8.42 Å². The Hall–Kier alpha value is -1.27. The van der Waals surface area contributed by atoms with Crippen LogP contribution in [0.2, 0.25) is 0 Å². The minimum atomic E-state index is -3.30. The Morgan fingerprint density at radius 1 is 1.23 bits per heavy atom. The van der Waals surface area contributed by atoms with E-state index in [2.05, 4.69) is 27.1 Å². The van der Waals surface area contributed by atoms with Gasteiger partial charge >= 0.3 is 0 Å². The van der Waals surface area contributed by atoms with Crippen molar-refractivity contribution >= 4 is 40.0 Å². The molecule has 172 valence electrons. The lowest BCUT2D eigenvalue weighted by atomic mass is 9.98. The monoisotopic (exact) mass is 554 g/mol. The van der Waals surface area contributed by atoms with E-state index in [1.54, 1.807) is 14.2 Å². The van der Waals surface area contributed by atoms with Crippen LogP contribution in [0.5, 0.6) is 11.5 Å². The Labute approximate surface area is 197 Å². The Morgan fingerprint density at radius 2 is 1.83 bits per heavy atom. The maximum Gasteiger partial charge on any atom is 0.209 e. The highest BCUT2D eigenvalue weighted by Gasteiger charge is 2.28. The van der Waals surface area contributed by atoms with Crippen LogP contribution in [0.15, 0.2) is 23.2 Å². The average molecular weight is 554 g/mol. The van der Waals surface area contributed by atoms with Gasteiger partial charge in [-0.15, -0.1) is 24.0 Å². The molecule has 30 heavy (non-hydrogen) atoms.